The average molecular weight is 525 g/mol. The summed E-state index contributed by atoms with van der Waals surface area (Å²) >= 11 is 0. The summed E-state index contributed by atoms with van der Waals surface area (Å²) in [5, 5.41) is 2.94. The van der Waals surface area contributed by atoms with Crippen molar-refractivity contribution in [1.82, 2.24) is 15.1 Å². The lowest BCUT2D eigenvalue weighted by molar-refractivity contribution is -0.138. The third kappa shape index (κ3) is 5.80. The standard InChI is InChI=1S/C30H44N4O4/c1-18(2)16-22(32-27(36)20-10-12-21(13-11-20)30(3,4)5)28(37)33-15-14-23-26(33)24(35)17-34(23)29(38)25(31)19-8-6-7-9-19/h10-13,18-19,22-23,25-26H,6-9,14-17,31H2,1-5H3,(H,32,36). The zero-order valence-corrected chi connectivity index (χ0v) is 23.5. The zero-order valence-electron chi connectivity index (χ0n) is 23.5. The molecule has 1 saturated carbocycles. The minimum atomic E-state index is -0.748. The van der Waals surface area contributed by atoms with Gasteiger partial charge >= 0.3 is 0 Å². The van der Waals surface area contributed by atoms with Gasteiger partial charge in [-0.15, -0.1) is 0 Å². The van der Waals surface area contributed by atoms with Gasteiger partial charge in [-0.25, -0.2) is 0 Å². The number of ketones is 1. The Morgan fingerprint density at radius 2 is 1.63 bits per heavy atom. The summed E-state index contributed by atoms with van der Waals surface area (Å²) < 4.78 is 0. The van der Waals surface area contributed by atoms with Crippen molar-refractivity contribution in [3.63, 3.8) is 0 Å². The average Bonchev–Trinajstić information content (AvgIpc) is 3.60. The number of hydrogen-bond acceptors (Lipinski definition) is 5. The second-order valence-corrected chi connectivity index (χ2v) is 12.8. The van der Waals surface area contributed by atoms with Crippen LogP contribution in [0.5, 0.6) is 0 Å². The van der Waals surface area contributed by atoms with Crippen molar-refractivity contribution in [3.05, 3.63) is 35.4 Å². The monoisotopic (exact) mass is 524 g/mol. The van der Waals surface area contributed by atoms with Crippen molar-refractivity contribution < 1.29 is 19.2 Å². The molecule has 8 heteroatoms. The van der Waals surface area contributed by atoms with Crippen molar-refractivity contribution in [2.24, 2.45) is 17.6 Å². The molecule has 8 nitrogen and oxygen atoms in total. The molecule has 4 rings (SSSR count). The van der Waals surface area contributed by atoms with E-state index >= 15 is 0 Å². The minimum Gasteiger partial charge on any atom is -0.340 e. The molecule has 4 unspecified atom stereocenters. The van der Waals surface area contributed by atoms with Crippen molar-refractivity contribution >= 4 is 23.5 Å². The molecular weight excluding hydrogens is 480 g/mol. The molecule has 208 valence electrons. The number of amides is 3. The molecule has 3 aliphatic rings. The van der Waals surface area contributed by atoms with Crippen LogP contribution in [0.3, 0.4) is 0 Å². The topological polar surface area (TPSA) is 113 Å². The summed E-state index contributed by atoms with van der Waals surface area (Å²) in [7, 11) is 0. The fourth-order valence-corrected chi connectivity index (χ4v) is 6.32. The Bertz CT molecular complexity index is 1060. The van der Waals surface area contributed by atoms with Crippen LogP contribution in [-0.4, -0.2) is 70.6 Å². The SMILES string of the molecule is CC(C)CC(NC(=O)c1ccc(C(C)(C)C)cc1)C(=O)N1CCC2C1C(=O)CN2C(=O)C(N)C1CCCC1. The molecule has 2 saturated heterocycles. The Labute approximate surface area is 226 Å². The fraction of sp³-hybridized carbons (Fsp3) is 0.667. The number of likely N-dealkylation sites (tertiary alicyclic amines) is 2. The summed E-state index contributed by atoms with van der Waals surface area (Å²) in [4.78, 5) is 56.5. The minimum absolute atomic E-state index is 0.000299. The van der Waals surface area contributed by atoms with Gasteiger partial charge in [-0.1, -0.05) is 59.6 Å². The predicted molar refractivity (Wildman–Crippen MR) is 146 cm³/mol. The lowest BCUT2D eigenvalue weighted by Crippen LogP contribution is -2.53. The van der Waals surface area contributed by atoms with E-state index in [-0.39, 0.29) is 53.3 Å². The Balaban J connectivity index is 1.47. The maximum atomic E-state index is 13.8. The van der Waals surface area contributed by atoms with Crippen LogP contribution < -0.4 is 11.1 Å². The number of benzene rings is 1. The summed E-state index contributed by atoms with van der Waals surface area (Å²) in [5.41, 5.74) is 7.93. The molecule has 1 aromatic carbocycles. The number of fused-ring (bicyclic) bond motifs is 1. The molecule has 3 N–H and O–H groups in total. The molecule has 0 bridgehead atoms. The summed E-state index contributed by atoms with van der Waals surface area (Å²) in [6, 6.07) is 5.11. The lowest BCUT2D eigenvalue weighted by atomic mass is 9.86. The third-order valence-electron chi connectivity index (χ3n) is 8.51. The first-order chi connectivity index (χ1) is 17.9. The molecule has 1 aliphatic carbocycles. The van der Waals surface area contributed by atoms with E-state index in [1.807, 2.05) is 26.0 Å². The van der Waals surface area contributed by atoms with Crippen molar-refractivity contribution in [2.45, 2.75) is 103 Å². The second-order valence-electron chi connectivity index (χ2n) is 12.8. The van der Waals surface area contributed by atoms with E-state index in [0.717, 1.165) is 31.2 Å². The quantitative estimate of drug-likeness (QED) is 0.569. The van der Waals surface area contributed by atoms with E-state index in [1.54, 1.807) is 21.9 Å². The number of carbonyl (C=O) groups is 4. The number of nitrogens with zero attached hydrogens (tertiary/aromatic N) is 2. The summed E-state index contributed by atoms with van der Waals surface area (Å²) in [6.45, 7) is 10.7. The number of rotatable bonds is 7. The van der Waals surface area contributed by atoms with Crippen LogP contribution in [0.4, 0.5) is 0 Å². The van der Waals surface area contributed by atoms with Crippen LogP contribution in [0.2, 0.25) is 0 Å². The molecule has 4 atom stereocenters. The van der Waals surface area contributed by atoms with Gasteiger partial charge in [0.1, 0.15) is 12.1 Å². The van der Waals surface area contributed by atoms with Crippen LogP contribution in [0.15, 0.2) is 24.3 Å². The largest absolute Gasteiger partial charge is 0.340 e. The number of carbonyl (C=O) groups excluding carboxylic acids is 4. The first-order valence-corrected chi connectivity index (χ1v) is 14.2. The first-order valence-electron chi connectivity index (χ1n) is 14.2. The number of nitrogens with two attached hydrogens (primary N) is 1. The highest BCUT2D eigenvalue weighted by Crippen LogP contribution is 2.33. The molecule has 1 aromatic rings. The molecule has 2 heterocycles. The van der Waals surface area contributed by atoms with Gasteiger partial charge in [0.15, 0.2) is 5.78 Å². The Morgan fingerprint density at radius 1 is 1.00 bits per heavy atom. The maximum absolute atomic E-state index is 13.8. The first kappa shape index (κ1) is 28.3. The van der Waals surface area contributed by atoms with Gasteiger partial charge in [-0.3, -0.25) is 19.2 Å². The van der Waals surface area contributed by atoms with E-state index in [0.29, 0.717) is 24.9 Å². The molecule has 0 aromatic heterocycles. The molecular formula is C30H44N4O4. The van der Waals surface area contributed by atoms with Gasteiger partial charge in [-0.05, 0) is 60.6 Å². The Hall–Kier alpha value is -2.74. The molecule has 3 fully saturated rings. The zero-order chi connectivity index (χ0) is 27.8. The van der Waals surface area contributed by atoms with Gasteiger partial charge in [0.2, 0.25) is 11.8 Å². The van der Waals surface area contributed by atoms with E-state index in [9.17, 15) is 19.2 Å². The van der Waals surface area contributed by atoms with Crippen molar-refractivity contribution in [1.29, 1.82) is 0 Å². The number of Topliss-reactive ketones (excluding diaryl/α,β-unsaturated/α-hetero) is 1. The molecule has 38 heavy (non-hydrogen) atoms. The fourth-order valence-electron chi connectivity index (χ4n) is 6.32. The second kappa shape index (κ2) is 11.2. The lowest BCUT2D eigenvalue weighted by Gasteiger charge is -2.30. The molecule has 3 amide bonds. The number of nitrogens with one attached hydrogen (secondary N) is 1. The predicted octanol–water partition coefficient (Wildman–Crippen LogP) is 3.03. The molecule has 0 radical (unpaired) electrons. The Kier molecular flexibility index (Phi) is 8.31. The van der Waals surface area contributed by atoms with Gasteiger partial charge in [0, 0.05) is 12.1 Å². The van der Waals surface area contributed by atoms with E-state index in [4.69, 9.17) is 5.73 Å². The highest BCUT2D eigenvalue weighted by Gasteiger charge is 2.53. The van der Waals surface area contributed by atoms with Gasteiger partial charge < -0.3 is 20.9 Å². The highest BCUT2D eigenvalue weighted by atomic mass is 16.2. The summed E-state index contributed by atoms with van der Waals surface area (Å²) in [6.07, 6.45) is 5.07. The van der Waals surface area contributed by atoms with Crippen LogP contribution in [0.25, 0.3) is 0 Å². The van der Waals surface area contributed by atoms with Gasteiger partial charge in [0.05, 0.1) is 18.6 Å². The van der Waals surface area contributed by atoms with Crippen molar-refractivity contribution in [3.8, 4) is 0 Å². The highest BCUT2D eigenvalue weighted by molar-refractivity contribution is 6.01. The van der Waals surface area contributed by atoms with E-state index < -0.39 is 18.1 Å². The van der Waals surface area contributed by atoms with E-state index in [1.165, 1.54) is 0 Å². The van der Waals surface area contributed by atoms with Gasteiger partial charge in [0.25, 0.3) is 5.91 Å². The van der Waals surface area contributed by atoms with Gasteiger partial charge in [-0.2, -0.15) is 0 Å². The van der Waals surface area contributed by atoms with Crippen LogP contribution >= 0.6 is 0 Å². The van der Waals surface area contributed by atoms with Crippen LogP contribution in [-0.2, 0) is 19.8 Å². The van der Waals surface area contributed by atoms with Crippen molar-refractivity contribution in [2.75, 3.05) is 13.1 Å². The molecule has 2 aliphatic heterocycles. The normalized spacial score (nSPS) is 23.6. The van der Waals surface area contributed by atoms with Crippen LogP contribution in [0.1, 0.15) is 89.1 Å². The number of hydrogen-bond donors (Lipinski definition) is 2. The molecule has 0 spiro atoms. The maximum Gasteiger partial charge on any atom is 0.251 e. The Morgan fingerprint density at radius 3 is 2.21 bits per heavy atom. The smallest absolute Gasteiger partial charge is 0.251 e. The van der Waals surface area contributed by atoms with Crippen LogP contribution in [0, 0.1) is 11.8 Å². The summed E-state index contributed by atoms with van der Waals surface area (Å²) in [5.74, 6) is -0.532. The third-order valence-corrected chi connectivity index (χ3v) is 8.51. The van der Waals surface area contributed by atoms with E-state index in [2.05, 4.69) is 26.1 Å².